The van der Waals surface area contributed by atoms with Gasteiger partial charge in [-0.25, -0.2) is 4.79 Å². The SMILES string of the molecule is CCOC(=O)N1CCN(C(=O)c2cccc(=O)[nH]2)CC1. The second kappa shape index (κ2) is 6.23. The van der Waals surface area contributed by atoms with Crippen LogP contribution in [0.25, 0.3) is 0 Å². The van der Waals surface area contributed by atoms with Gasteiger partial charge in [-0.1, -0.05) is 6.07 Å². The summed E-state index contributed by atoms with van der Waals surface area (Å²) in [6, 6.07) is 4.47. The van der Waals surface area contributed by atoms with E-state index in [4.69, 9.17) is 4.74 Å². The van der Waals surface area contributed by atoms with Gasteiger partial charge in [-0.2, -0.15) is 0 Å². The summed E-state index contributed by atoms with van der Waals surface area (Å²) in [7, 11) is 0. The molecule has 0 aromatic carbocycles. The molecule has 1 fully saturated rings. The molecule has 2 heterocycles. The number of H-pyrrole nitrogens is 1. The van der Waals surface area contributed by atoms with E-state index < -0.39 is 0 Å². The third-order valence-corrected chi connectivity index (χ3v) is 3.09. The molecule has 0 unspecified atom stereocenters. The van der Waals surface area contributed by atoms with E-state index >= 15 is 0 Å². The third kappa shape index (κ3) is 3.17. The highest BCUT2D eigenvalue weighted by atomic mass is 16.6. The van der Waals surface area contributed by atoms with Gasteiger partial charge in [0.05, 0.1) is 6.61 Å². The van der Waals surface area contributed by atoms with Crippen molar-refractivity contribution >= 4 is 12.0 Å². The average molecular weight is 279 g/mol. The van der Waals surface area contributed by atoms with Crippen LogP contribution < -0.4 is 5.56 Å². The van der Waals surface area contributed by atoms with Crippen LogP contribution in [0.5, 0.6) is 0 Å². The van der Waals surface area contributed by atoms with Gasteiger partial charge >= 0.3 is 6.09 Å². The molecule has 1 aliphatic rings. The summed E-state index contributed by atoms with van der Waals surface area (Å²) < 4.78 is 4.91. The van der Waals surface area contributed by atoms with Crippen LogP contribution >= 0.6 is 0 Å². The minimum Gasteiger partial charge on any atom is -0.450 e. The topological polar surface area (TPSA) is 82.7 Å². The maximum absolute atomic E-state index is 12.2. The summed E-state index contributed by atoms with van der Waals surface area (Å²) in [6.45, 7) is 3.80. The van der Waals surface area contributed by atoms with Gasteiger partial charge in [-0.05, 0) is 13.0 Å². The quantitative estimate of drug-likeness (QED) is 0.843. The van der Waals surface area contributed by atoms with Gasteiger partial charge in [-0.15, -0.1) is 0 Å². The zero-order valence-corrected chi connectivity index (χ0v) is 11.3. The Morgan fingerprint density at radius 1 is 1.20 bits per heavy atom. The van der Waals surface area contributed by atoms with Crippen LogP contribution in [0.1, 0.15) is 17.4 Å². The number of aromatic nitrogens is 1. The van der Waals surface area contributed by atoms with Crippen LogP contribution in [-0.4, -0.2) is 59.6 Å². The molecule has 1 N–H and O–H groups in total. The van der Waals surface area contributed by atoms with Crippen molar-refractivity contribution in [3.8, 4) is 0 Å². The highest BCUT2D eigenvalue weighted by Gasteiger charge is 2.25. The number of amides is 2. The van der Waals surface area contributed by atoms with Gasteiger partial charge in [0.25, 0.3) is 5.91 Å². The van der Waals surface area contributed by atoms with E-state index in [0.717, 1.165) is 0 Å². The molecular weight excluding hydrogens is 262 g/mol. The Hall–Kier alpha value is -2.31. The summed E-state index contributed by atoms with van der Waals surface area (Å²) >= 11 is 0. The molecule has 1 saturated heterocycles. The van der Waals surface area contributed by atoms with E-state index in [1.165, 1.54) is 6.07 Å². The molecule has 0 spiro atoms. The van der Waals surface area contributed by atoms with Crippen molar-refractivity contribution in [1.29, 1.82) is 0 Å². The van der Waals surface area contributed by atoms with Gasteiger partial charge in [-0.3, -0.25) is 9.59 Å². The minimum atomic E-state index is -0.354. The molecule has 20 heavy (non-hydrogen) atoms. The van der Waals surface area contributed by atoms with Gasteiger partial charge in [0, 0.05) is 32.2 Å². The second-order valence-electron chi connectivity index (χ2n) is 4.41. The molecule has 2 rings (SSSR count). The summed E-state index contributed by atoms with van der Waals surface area (Å²) in [4.78, 5) is 40.6. The normalized spacial score (nSPS) is 15.1. The highest BCUT2D eigenvalue weighted by Crippen LogP contribution is 2.07. The predicted molar refractivity (Wildman–Crippen MR) is 71.6 cm³/mol. The fourth-order valence-corrected chi connectivity index (χ4v) is 2.05. The molecular formula is C13H17N3O4. The average Bonchev–Trinajstić information content (AvgIpc) is 2.47. The van der Waals surface area contributed by atoms with Gasteiger partial charge in [0.15, 0.2) is 0 Å². The number of carbonyl (C=O) groups is 2. The van der Waals surface area contributed by atoms with E-state index in [1.54, 1.807) is 28.9 Å². The first-order valence-corrected chi connectivity index (χ1v) is 6.52. The van der Waals surface area contributed by atoms with Gasteiger partial charge < -0.3 is 19.5 Å². The van der Waals surface area contributed by atoms with Crippen molar-refractivity contribution in [2.75, 3.05) is 32.8 Å². The Balaban J connectivity index is 1.95. The molecule has 7 nitrogen and oxygen atoms in total. The minimum absolute atomic E-state index is 0.230. The number of nitrogens with zero attached hydrogens (tertiary/aromatic N) is 2. The van der Waals surface area contributed by atoms with Crippen molar-refractivity contribution in [3.63, 3.8) is 0 Å². The number of rotatable bonds is 2. The van der Waals surface area contributed by atoms with Crippen molar-refractivity contribution in [2.24, 2.45) is 0 Å². The molecule has 0 aliphatic carbocycles. The molecule has 0 radical (unpaired) electrons. The van der Waals surface area contributed by atoms with Crippen molar-refractivity contribution in [2.45, 2.75) is 6.92 Å². The van der Waals surface area contributed by atoms with Crippen LogP contribution in [-0.2, 0) is 4.74 Å². The van der Waals surface area contributed by atoms with E-state index in [1.807, 2.05) is 0 Å². The van der Waals surface area contributed by atoms with Crippen molar-refractivity contribution < 1.29 is 14.3 Å². The number of hydrogen-bond acceptors (Lipinski definition) is 4. The van der Waals surface area contributed by atoms with Crippen LogP contribution in [0.4, 0.5) is 4.79 Å². The number of aromatic amines is 1. The lowest BCUT2D eigenvalue weighted by Gasteiger charge is -2.33. The maximum atomic E-state index is 12.2. The first kappa shape index (κ1) is 14.1. The lowest BCUT2D eigenvalue weighted by Crippen LogP contribution is -2.51. The Labute approximate surface area is 116 Å². The fourth-order valence-electron chi connectivity index (χ4n) is 2.05. The van der Waals surface area contributed by atoms with E-state index in [2.05, 4.69) is 4.98 Å². The zero-order chi connectivity index (χ0) is 14.5. The molecule has 2 amide bonds. The number of pyridine rings is 1. The second-order valence-corrected chi connectivity index (χ2v) is 4.41. The Morgan fingerprint density at radius 3 is 2.45 bits per heavy atom. The molecule has 7 heteroatoms. The number of nitrogens with one attached hydrogen (secondary N) is 1. The fraction of sp³-hybridized carbons (Fsp3) is 0.462. The Bertz CT molecular complexity index is 547. The monoisotopic (exact) mass is 279 g/mol. The lowest BCUT2D eigenvalue weighted by atomic mass is 10.2. The highest BCUT2D eigenvalue weighted by molar-refractivity contribution is 5.92. The molecule has 1 aliphatic heterocycles. The predicted octanol–water partition coefficient (Wildman–Crippen LogP) is 0.289. The molecule has 0 bridgehead atoms. The first-order chi connectivity index (χ1) is 9.61. The standard InChI is InChI=1S/C13H17N3O4/c1-2-20-13(19)16-8-6-15(7-9-16)12(18)10-4-3-5-11(17)14-10/h3-5H,2,6-9H2,1H3,(H,14,17). The van der Waals surface area contributed by atoms with Gasteiger partial charge in [0.2, 0.25) is 5.56 Å². The summed E-state index contributed by atoms with van der Waals surface area (Å²) in [5.74, 6) is -0.230. The molecule has 0 atom stereocenters. The largest absolute Gasteiger partial charge is 0.450 e. The maximum Gasteiger partial charge on any atom is 0.409 e. The third-order valence-electron chi connectivity index (χ3n) is 3.09. The molecule has 1 aromatic heterocycles. The number of carbonyl (C=O) groups excluding carboxylic acids is 2. The van der Waals surface area contributed by atoms with Crippen LogP contribution in [0.15, 0.2) is 23.0 Å². The Kier molecular flexibility index (Phi) is 4.39. The van der Waals surface area contributed by atoms with Crippen molar-refractivity contribution in [3.05, 3.63) is 34.2 Å². The summed E-state index contributed by atoms with van der Waals surface area (Å²) in [5.41, 5.74) is -0.0388. The van der Waals surface area contributed by atoms with Crippen LogP contribution in [0, 0.1) is 0 Å². The van der Waals surface area contributed by atoms with Crippen molar-refractivity contribution in [1.82, 2.24) is 14.8 Å². The molecule has 1 aromatic rings. The van der Waals surface area contributed by atoms with E-state index in [-0.39, 0.29) is 23.3 Å². The smallest absolute Gasteiger partial charge is 0.409 e. The zero-order valence-electron chi connectivity index (χ0n) is 11.3. The summed E-state index contributed by atoms with van der Waals surface area (Å²) in [5, 5.41) is 0. The number of piperazine rings is 1. The lowest BCUT2D eigenvalue weighted by molar-refractivity contribution is 0.0566. The first-order valence-electron chi connectivity index (χ1n) is 6.52. The number of ether oxygens (including phenoxy) is 1. The summed E-state index contributed by atoms with van der Waals surface area (Å²) in [6.07, 6.45) is -0.354. The Morgan fingerprint density at radius 2 is 1.85 bits per heavy atom. The van der Waals surface area contributed by atoms with E-state index in [9.17, 15) is 14.4 Å². The van der Waals surface area contributed by atoms with Crippen LogP contribution in [0.2, 0.25) is 0 Å². The van der Waals surface area contributed by atoms with Gasteiger partial charge in [0.1, 0.15) is 5.69 Å². The molecule has 0 saturated carbocycles. The molecule has 108 valence electrons. The number of hydrogen-bond donors (Lipinski definition) is 1. The van der Waals surface area contributed by atoms with E-state index in [0.29, 0.717) is 32.8 Å². The van der Waals surface area contributed by atoms with Crippen LogP contribution in [0.3, 0.4) is 0 Å².